The van der Waals surface area contributed by atoms with Gasteiger partial charge in [-0.25, -0.2) is 9.67 Å². The molecule has 1 N–H and O–H groups in total. The molecule has 1 unspecified atom stereocenters. The molecule has 1 aliphatic rings. The van der Waals surface area contributed by atoms with Crippen LogP contribution in [0.2, 0.25) is 0 Å². The lowest BCUT2D eigenvalue weighted by atomic mass is 10.2. The van der Waals surface area contributed by atoms with Gasteiger partial charge in [0.25, 0.3) is 17.2 Å². The number of hydrogen-bond donors (Lipinski definition) is 1. The molecule has 35 heavy (non-hydrogen) atoms. The van der Waals surface area contributed by atoms with Crippen LogP contribution in [0, 0.1) is 10.1 Å². The molecule has 0 aliphatic carbocycles. The van der Waals surface area contributed by atoms with Crippen molar-refractivity contribution < 1.29 is 19.2 Å². The third-order valence-electron chi connectivity index (χ3n) is 5.52. The zero-order valence-electron chi connectivity index (χ0n) is 18.4. The third kappa shape index (κ3) is 4.53. The average Bonchev–Trinajstić information content (AvgIpc) is 3.29. The van der Waals surface area contributed by atoms with Crippen molar-refractivity contribution in [1.82, 2.24) is 24.6 Å². The molecule has 178 valence electrons. The molecule has 0 saturated heterocycles. The standard InChI is InChI=1S/C23H20N6O6/c30-22(20-13-34-18-6-1-2-7-19(18)35-20)24-8-9-28-21-17(11-26-28)23(31)27(14-25-21)12-15-4-3-5-16(10-15)29(32)33/h1-7,10-11,14,20H,8-9,12-13H2,(H,24,30). The fourth-order valence-corrected chi connectivity index (χ4v) is 3.79. The number of amides is 1. The zero-order chi connectivity index (χ0) is 24.4. The van der Waals surface area contributed by atoms with Gasteiger partial charge in [-0.05, 0) is 17.7 Å². The SMILES string of the molecule is O=C(NCCn1ncc2c(=O)n(Cc3cccc([N+](=O)[O-])c3)cnc21)C1COc2ccccc2O1. The molecule has 12 heteroatoms. The quantitative estimate of drug-likeness (QED) is 0.312. The van der Waals surface area contributed by atoms with Crippen molar-refractivity contribution in [3.8, 4) is 11.5 Å². The summed E-state index contributed by atoms with van der Waals surface area (Å²) in [5.41, 5.74) is 0.622. The van der Waals surface area contributed by atoms with Gasteiger partial charge in [-0.15, -0.1) is 0 Å². The second-order valence-electron chi connectivity index (χ2n) is 7.86. The van der Waals surface area contributed by atoms with Crippen LogP contribution in [0.1, 0.15) is 5.56 Å². The van der Waals surface area contributed by atoms with Crippen molar-refractivity contribution in [2.75, 3.05) is 13.2 Å². The highest BCUT2D eigenvalue weighted by molar-refractivity contribution is 5.81. The highest BCUT2D eigenvalue weighted by atomic mass is 16.6. The summed E-state index contributed by atoms with van der Waals surface area (Å²) in [6, 6.07) is 13.2. The molecule has 0 saturated carbocycles. The summed E-state index contributed by atoms with van der Waals surface area (Å²) in [7, 11) is 0. The van der Waals surface area contributed by atoms with Gasteiger partial charge in [-0.3, -0.25) is 24.3 Å². The molecule has 1 amide bonds. The molecule has 0 fully saturated rings. The van der Waals surface area contributed by atoms with Gasteiger partial charge < -0.3 is 14.8 Å². The number of nitro groups is 1. The number of ether oxygens (including phenoxy) is 2. The molecule has 3 heterocycles. The monoisotopic (exact) mass is 476 g/mol. The maximum atomic E-state index is 12.9. The van der Waals surface area contributed by atoms with E-state index >= 15 is 0 Å². The topological polar surface area (TPSA) is 143 Å². The number of hydrogen-bond acceptors (Lipinski definition) is 8. The number of fused-ring (bicyclic) bond motifs is 2. The van der Waals surface area contributed by atoms with E-state index in [-0.39, 0.29) is 36.9 Å². The number of rotatable bonds is 7. The Morgan fingerprint density at radius 3 is 2.86 bits per heavy atom. The van der Waals surface area contributed by atoms with Crippen LogP contribution in [0.5, 0.6) is 11.5 Å². The predicted molar refractivity (Wildman–Crippen MR) is 123 cm³/mol. The maximum Gasteiger partial charge on any atom is 0.269 e. The van der Waals surface area contributed by atoms with Crippen molar-refractivity contribution in [2.45, 2.75) is 19.2 Å². The van der Waals surface area contributed by atoms with Crippen molar-refractivity contribution in [3.05, 3.63) is 87.1 Å². The van der Waals surface area contributed by atoms with Crippen LogP contribution in [0.15, 0.2) is 65.8 Å². The first kappa shape index (κ1) is 22.1. The number of nitrogens with zero attached hydrogens (tertiary/aromatic N) is 5. The van der Waals surface area contributed by atoms with Crippen LogP contribution in [-0.4, -0.2) is 49.4 Å². The summed E-state index contributed by atoms with van der Waals surface area (Å²) in [6.45, 7) is 0.785. The van der Waals surface area contributed by atoms with Crippen LogP contribution < -0.4 is 20.3 Å². The molecular formula is C23H20N6O6. The zero-order valence-corrected chi connectivity index (χ0v) is 18.4. The molecule has 4 aromatic rings. The minimum Gasteiger partial charge on any atom is -0.485 e. The lowest BCUT2D eigenvalue weighted by Crippen LogP contribution is -2.44. The van der Waals surface area contributed by atoms with Gasteiger partial charge in [0.05, 0.1) is 24.2 Å². The number of nitrogens with one attached hydrogen (secondary N) is 1. The summed E-state index contributed by atoms with van der Waals surface area (Å²) in [6.07, 6.45) is 2.04. The van der Waals surface area contributed by atoms with Gasteiger partial charge in [0.1, 0.15) is 18.3 Å². The number of nitro benzene ring substituents is 1. The van der Waals surface area contributed by atoms with Crippen molar-refractivity contribution >= 4 is 22.6 Å². The van der Waals surface area contributed by atoms with Crippen molar-refractivity contribution in [2.24, 2.45) is 0 Å². The molecule has 12 nitrogen and oxygen atoms in total. The van der Waals surface area contributed by atoms with Gasteiger partial charge in [0, 0.05) is 18.7 Å². The first-order valence-electron chi connectivity index (χ1n) is 10.8. The normalized spacial score (nSPS) is 14.6. The number of carbonyl (C=O) groups excluding carboxylic acids is 1. The van der Waals surface area contributed by atoms with E-state index in [1.807, 2.05) is 6.07 Å². The van der Waals surface area contributed by atoms with Crippen molar-refractivity contribution in [3.63, 3.8) is 0 Å². The van der Waals surface area contributed by atoms with Gasteiger partial charge >= 0.3 is 0 Å². The number of carbonyl (C=O) groups is 1. The minimum absolute atomic E-state index is 0.0474. The van der Waals surface area contributed by atoms with Crippen LogP contribution in [0.25, 0.3) is 11.0 Å². The Kier molecular flexibility index (Phi) is 5.83. The van der Waals surface area contributed by atoms with E-state index in [1.165, 1.54) is 33.9 Å². The maximum absolute atomic E-state index is 12.9. The largest absolute Gasteiger partial charge is 0.485 e. The fraction of sp³-hybridized carbons (Fsp3) is 0.217. The second-order valence-corrected chi connectivity index (χ2v) is 7.86. The molecule has 0 bridgehead atoms. The molecule has 2 aromatic heterocycles. The highest BCUT2D eigenvalue weighted by Gasteiger charge is 2.27. The average molecular weight is 476 g/mol. The van der Waals surface area contributed by atoms with E-state index in [9.17, 15) is 19.7 Å². The summed E-state index contributed by atoms with van der Waals surface area (Å²) in [5.74, 6) is 0.799. The van der Waals surface area contributed by atoms with Crippen LogP contribution in [0.3, 0.4) is 0 Å². The Labute approximate surface area is 197 Å². The van der Waals surface area contributed by atoms with E-state index in [1.54, 1.807) is 30.3 Å². The first-order valence-corrected chi connectivity index (χ1v) is 10.8. The molecule has 2 aromatic carbocycles. The lowest BCUT2D eigenvalue weighted by molar-refractivity contribution is -0.384. The van der Waals surface area contributed by atoms with E-state index in [0.29, 0.717) is 34.6 Å². The van der Waals surface area contributed by atoms with E-state index < -0.39 is 11.0 Å². The number of para-hydroxylation sites is 2. The number of aromatic nitrogens is 4. The Hall–Kier alpha value is -4.74. The molecule has 0 radical (unpaired) electrons. The number of non-ortho nitro benzene ring substituents is 1. The van der Waals surface area contributed by atoms with Crippen LogP contribution >= 0.6 is 0 Å². The summed E-state index contributed by atoms with van der Waals surface area (Å²) in [5, 5.41) is 18.3. The van der Waals surface area contributed by atoms with Gasteiger partial charge in [0.15, 0.2) is 17.1 Å². The molecule has 5 rings (SSSR count). The van der Waals surface area contributed by atoms with Crippen molar-refractivity contribution in [1.29, 1.82) is 0 Å². The van der Waals surface area contributed by atoms with Gasteiger partial charge in [0.2, 0.25) is 6.10 Å². The summed E-state index contributed by atoms with van der Waals surface area (Å²) >= 11 is 0. The molecule has 1 aliphatic heterocycles. The Bertz CT molecular complexity index is 1480. The Morgan fingerprint density at radius 1 is 1.20 bits per heavy atom. The predicted octanol–water partition coefficient (Wildman–Crippen LogP) is 1.51. The Morgan fingerprint density at radius 2 is 2.03 bits per heavy atom. The first-order chi connectivity index (χ1) is 17.0. The third-order valence-corrected chi connectivity index (χ3v) is 5.52. The molecule has 0 spiro atoms. The Balaban J connectivity index is 1.23. The second kappa shape index (κ2) is 9.25. The molecule has 1 atom stereocenters. The van der Waals surface area contributed by atoms with Crippen LogP contribution in [0.4, 0.5) is 5.69 Å². The minimum atomic E-state index is -0.765. The van der Waals surface area contributed by atoms with Gasteiger partial charge in [-0.1, -0.05) is 24.3 Å². The molecular weight excluding hydrogens is 456 g/mol. The van der Waals surface area contributed by atoms with E-state index in [0.717, 1.165) is 0 Å². The van der Waals surface area contributed by atoms with E-state index in [4.69, 9.17) is 9.47 Å². The van der Waals surface area contributed by atoms with Crippen LogP contribution in [-0.2, 0) is 17.9 Å². The smallest absolute Gasteiger partial charge is 0.269 e. The van der Waals surface area contributed by atoms with Gasteiger partial charge in [-0.2, -0.15) is 5.10 Å². The summed E-state index contributed by atoms with van der Waals surface area (Å²) < 4.78 is 14.2. The van der Waals surface area contributed by atoms with E-state index in [2.05, 4.69) is 15.4 Å². The fourth-order valence-electron chi connectivity index (χ4n) is 3.79. The number of benzene rings is 2. The summed E-state index contributed by atoms with van der Waals surface area (Å²) in [4.78, 5) is 40.2. The highest BCUT2D eigenvalue weighted by Crippen LogP contribution is 2.30. The lowest BCUT2D eigenvalue weighted by Gasteiger charge is -2.25.